The van der Waals surface area contributed by atoms with Crippen LogP contribution in [0, 0.1) is 0 Å². The summed E-state index contributed by atoms with van der Waals surface area (Å²) < 4.78 is 4.11. The first-order chi connectivity index (χ1) is 2.27. The maximum atomic E-state index is 9.59. The maximum absolute atomic E-state index is 9.59. The molecule has 0 aromatic rings. The van der Waals surface area contributed by atoms with Crippen LogP contribution >= 0.6 is 24.0 Å². The van der Waals surface area contributed by atoms with E-state index in [4.69, 9.17) is 0 Å². The Morgan fingerprint density at radius 3 is 1.83 bits per heavy atom. The molecule has 0 saturated heterocycles. The van der Waals surface area contributed by atoms with E-state index in [2.05, 4.69) is 4.74 Å². The summed E-state index contributed by atoms with van der Waals surface area (Å²) in [5.41, 5.74) is 0. The van der Waals surface area contributed by atoms with Crippen molar-refractivity contribution in [1.82, 2.24) is 0 Å². The molecule has 38 valence electrons. The molecule has 0 unspecified atom stereocenters. The normalized spacial score (nSPS) is 5.67. The number of esters is 1. The number of halogens is 1. The Hall–Kier alpha value is 0.200. The third-order valence-corrected chi connectivity index (χ3v) is 0.287. The van der Waals surface area contributed by atoms with E-state index in [1.807, 2.05) is 0 Å². The van der Waals surface area contributed by atoms with E-state index in [1.165, 1.54) is 14.0 Å². The van der Waals surface area contributed by atoms with Gasteiger partial charge >= 0.3 is 5.97 Å². The van der Waals surface area contributed by atoms with Gasteiger partial charge in [0.25, 0.3) is 0 Å². The zero-order chi connectivity index (χ0) is 4.28. The molecule has 0 aliphatic heterocycles. The molecular formula is C3H7IO2. The summed E-state index contributed by atoms with van der Waals surface area (Å²) in [6.45, 7) is 1.36. The smallest absolute Gasteiger partial charge is 0.302 e. The van der Waals surface area contributed by atoms with Gasteiger partial charge in [-0.1, -0.05) is 0 Å². The molecule has 0 atom stereocenters. The zero-order valence-corrected chi connectivity index (χ0v) is 6.06. The molecule has 0 aromatic carbocycles. The van der Waals surface area contributed by atoms with Crippen molar-refractivity contribution in [3.05, 3.63) is 0 Å². The number of rotatable bonds is 0. The maximum Gasteiger partial charge on any atom is 0.302 e. The van der Waals surface area contributed by atoms with Gasteiger partial charge in [0.15, 0.2) is 0 Å². The summed E-state index contributed by atoms with van der Waals surface area (Å²) in [4.78, 5) is 9.59. The zero-order valence-electron chi connectivity index (χ0n) is 3.72. The number of hydrogen-bond acceptors (Lipinski definition) is 2. The van der Waals surface area contributed by atoms with Gasteiger partial charge in [0.2, 0.25) is 0 Å². The van der Waals surface area contributed by atoms with Crippen LogP contribution in [0.1, 0.15) is 6.92 Å². The van der Waals surface area contributed by atoms with Crippen LogP contribution in [-0.2, 0) is 9.53 Å². The molecule has 3 heteroatoms. The lowest BCUT2D eigenvalue weighted by molar-refractivity contribution is -0.137. The fourth-order valence-corrected chi connectivity index (χ4v) is 0. The lowest BCUT2D eigenvalue weighted by Gasteiger charge is -1.80. The molecule has 0 fully saturated rings. The van der Waals surface area contributed by atoms with Gasteiger partial charge in [0.05, 0.1) is 7.11 Å². The monoisotopic (exact) mass is 202 g/mol. The summed E-state index contributed by atoms with van der Waals surface area (Å²) in [5, 5.41) is 0. The fourth-order valence-electron chi connectivity index (χ4n) is 0. The van der Waals surface area contributed by atoms with Crippen LogP contribution in [0.2, 0.25) is 0 Å². The number of hydrogen-bond donors (Lipinski definition) is 0. The molecule has 0 amide bonds. The highest BCUT2D eigenvalue weighted by Crippen LogP contribution is 1.60. The molecule has 0 saturated carbocycles. The molecule has 2 nitrogen and oxygen atoms in total. The molecule has 0 aromatic heterocycles. The summed E-state index contributed by atoms with van der Waals surface area (Å²) >= 11 is 0. The van der Waals surface area contributed by atoms with Crippen LogP contribution < -0.4 is 0 Å². The highest BCUT2D eigenvalue weighted by molar-refractivity contribution is 14.0. The van der Waals surface area contributed by atoms with Crippen molar-refractivity contribution in [3.8, 4) is 0 Å². The van der Waals surface area contributed by atoms with Gasteiger partial charge in [-0.05, 0) is 0 Å². The fraction of sp³-hybridized carbons (Fsp3) is 0.667. The average Bonchev–Trinajstić information content (AvgIpc) is 1.38. The van der Waals surface area contributed by atoms with Crippen molar-refractivity contribution in [2.24, 2.45) is 0 Å². The van der Waals surface area contributed by atoms with Crippen molar-refractivity contribution >= 4 is 29.9 Å². The number of ether oxygens (including phenoxy) is 1. The molecule has 6 heavy (non-hydrogen) atoms. The van der Waals surface area contributed by atoms with Crippen LogP contribution in [0.15, 0.2) is 0 Å². The lowest BCUT2D eigenvalue weighted by Crippen LogP contribution is -1.88. The van der Waals surface area contributed by atoms with Gasteiger partial charge in [0.1, 0.15) is 0 Å². The van der Waals surface area contributed by atoms with E-state index in [9.17, 15) is 4.79 Å². The second kappa shape index (κ2) is 5.20. The van der Waals surface area contributed by atoms with Gasteiger partial charge in [-0.3, -0.25) is 4.79 Å². The molecular weight excluding hydrogens is 195 g/mol. The SMILES string of the molecule is COC(C)=O.I. The predicted octanol–water partition coefficient (Wildman–Crippen LogP) is 0.797. The van der Waals surface area contributed by atoms with E-state index in [-0.39, 0.29) is 29.9 Å². The van der Waals surface area contributed by atoms with Crippen molar-refractivity contribution in [2.75, 3.05) is 7.11 Å². The third-order valence-electron chi connectivity index (χ3n) is 0.287. The topological polar surface area (TPSA) is 26.3 Å². The van der Waals surface area contributed by atoms with Crippen LogP contribution in [0.3, 0.4) is 0 Å². The van der Waals surface area contributed by atoms with Crippen molar-refractivity contribution in [2.45, 2.75) is 6.92 Å². The van der Waals surface area contributed by atoms with Gasteiger partial charge in [0, 0.05) is 6.92 Å². The van der Waals surface area contributed by atoms with E-state index in [0.29, 0.717) is 0 Å². The Bertz CT molecular complexity index is 44.1. The van der Waals surface area contributed by atoms with Gasteiger partial charge < -0.3 is 4.74 Å². The van der Waals surface area contributed by atoms with E-state index < -0.39 is 0 Å². The Labute approximate surface area is 53.9 Å². The third kappa shape index (κ3) is 8.89. The van der Waals surface area contributed by atoms with E-state index in [1.54, 1.807) is 0 Å². The van der Waals surface area contributed by atoms with Crippen LogP contribution in [0.25, 0.3) is 0 Å². The molecule has 0 radical (unpaired) electrons. The summed E-state index contributed by atoms with van der Waals surface area (Å²) in [7, 11) is 1.35. The Kier molecular flexibility index (Phi) is 8.24. The standard InChI is InChI=1S/C3H6O2.HI/c1-3(4)5-2;/h1-2H3;1H. The Morgan fingerprint density at radius 2 is 1.83 bits per heavy atom. The van der Waals surface area contributed by atoms with Gasteiger partial charge in [-0.15, -0.1) is 24.0 Å². The second-order valence-corrected chi connectivity index (χ2v) is 0.696. The highest BCUT2D eigenvalue weighted by Gasteiger charge is 1.75. The van der Waals surface area contributed by atoms with Crippen molar-refractivity contribution < 1.29 is 9.53 Å². The molecule has 0 heterocycles. The summed E-state index contributed by atoms with van der Waals surface area (Å²) in [5.74, 6) is -0.245. The number of carbonyl (C=O) groups is 1. The minimum atomic E-state index is -0.245. The molecule has 0 aliphatic rings. The van der Waals surface area contributed by atoms with Crippen LogP contribution in [-0.4, -0.2) is 13.1 Å². The lowest BCUT2D eigenvalue weighted by atomic mass is 10.8. The quantitative estimate of drug-likeness (QED) is 0.429. The Morgan fingerprint density at radius 1 is 1.67 bits per heavy atom. The van der Waals surface area contributed by atoms with Gasteiger partial charge in [-0.25, -0.2) is 0 Å². The summed E-state index contributed by atoms with van der Waals surface area (Å²) in [6.07, 6.45) is 0. The first kappa shape index (κ1) is 9.50. The number of carbonyl (C=O) groups excluding carboxylic acids is 1. The molecule has 0 N–H and O–H groups in total. The molecule has 0 aliphatic carbocycles. The molecule has 0 rings (SSSR count). The largest absolute Gasteiger partial charge is 0.469 e. The minimum absolute atomic E-state index is 0. The first-order valence-corrected chi connectivity index (χ1v) is 1.32. The van der Waals surface area contributed by atoms with Crippen LogP contribution in [0.4, 0.5) is 0 Å². The predicted molar refractivity (Wildman–Crippen MR) is 33.1 cm³/mol. The summed E-state index contributed by atoms with van der Waals surface area (Å²) in [6, 6.07) is 0. The second-order valence-electron chi connectivity index (χ2n) is 0.696. The van der Waals surface area contributed by atoms with Crippen molar-refractivity contribution in [1.29, 1.82) is 0 Å². The van der Waals surface area contributed by atoms with Crippen molar-refractivity contribution in [3.63, 3.8) is 0 Å². The molecule has 0 bridgehead atoms. The van der Waals surface area contributed by atoms with Gasteiger partial charge in [-0.2, -0.15) is 0 Å². The minimum Gasteiger partial charge on any atom is -0.469 e. The number of methoxy groups -OCH3 is 1. The van der Waals surface area contributed by atoms with E-state index in [0.717, 1.165) is 0 Å². The first-order valence-electron chi connectivity index (χ1n) is 1.32. The highest BCUT2D eigenvalue weighted by atomic mass is 127. The van der Waals surface area contributed by atoms with E-state index >= 15 is 0 Å². The van der Waals surface area contributed by atoms with Crippen LogP contribution in [0.5, 0.6) is 0 Å². The average molecular weight is 202 g/mol. The molecule has 0 spiro atoms. The Balaban J connectivity index is 0.